The molecule has 0 unspecified atom stereocenters. The van der Waals surface area contributed by atoms with Gasteiger partial charge in [-0.1, -0.05) is 0 Å². The highest BCUT2D eigenvalue weighted by atomic mass is 32.1. The van der Waals surface area contributed by atoms with Crippen molar-refractivity contribution < 1.29 is 5.11 Å². The molecule has 90 valence electrons. The van der Waals surface area contributed by atoms with Crippen molar-refractivity contribution in [2.24, 2.45) is 5.92 Å². The molecule has 0 saturated heterocycles. The number of aliphatic hydroxyl groups excluding tert-OH is 1. The quantitative estimate of drug-likeness (QED) is 0.903. The maximum absolute atomic E-state index is 9.42. The zero-order valence-corrected chi connectivity index (χ0v) is 10.5. The summed E-state index contributed by atoms with van der Waals surface area (Å²) in [7, 11) is 0. The van der Waals surface area contributed by atoms with E-state index in [9.17, 15) is 5.11 Å². The Balaban J connectivity index is 1.79. The SMILES string of the molecule is OCc1cc2sc(C3CC3)nc2n1CC1CC1. The van der Waals surface area contributed by atoms with E-state index >= 15 is 0 Å². The van der Waals surface area contributed by atoms with Gasteiger partial charge in [-0.05, 0) is 37.7 Å². The van der Waals surface area contributed by atoms with Crippen molar-refractivity contribution in [2.75, 3.05) is 0 Å². The van der Waals surface area contributed by atoms with Crippen LogP contribution in [0.1, 0.15) is 42.3 Å². The van der Waals surface area contributed by atoms with Gasteiger partial charge in [-0.15, -0.1) is 11.3 Å². The molecule has 17 heavy (non-hydrogen) atoms. The monoisotopic (exact) mass is 248 g/mol. The zero-order valence-electron chi connectivity index (χ0n) is 9.72. The van der Waals surface area contributed by atoms with Crippen molar-refractivity contribution in [3.8, 4) is 0 Å². The summed E-state index contributed by atoms with van der Waals surface area (Å²) in [5.41, 5.74) is 2.15. The van der Waals surface area contributed by atoms with Crippen LogP contribution in [0.3, 0.4) is 0 Å². The molecule has 1 N–H and O–H groups in total. The lowest BCUT2D eigenvalue weighted by Crippen LogP contribution is -2.05. The third kappa shape index (κ3) is 1.70. The van der Waals surface area contributed by atoms with Crippen molar-refractivity contribution in [1.82, 2.24) is 9.55 Å². The van der Waals surface area contributed by atoms with Gasteiger partial charge in [-0.3, -0.25) is 0 Å². The molecule has 0 atom stereocenters. The zero-order chi connectivity index (χ0) is 11.4. The molecule has 4 rings (SSSR count). The van der Waals surface area contributed by atoms with Crippen LogP contribution < -0.4 is 0 Å². The van der Waals surface area contributed by atoms with Gasteiger partial charge in [-0.2, -0.15) is 0 Å². The number of rotatable bonds is 4. The van der Waals surface area contributed by atoms with Gasteiger partial charge in [0.25, 0.3) is 0 Å². The van der Waals surface area contributed by atoms with Gasteiger partial charge in [0.2, 0.25) is 0 Å². The lowest BCUT2D eigenvalue weighted by Gasteiger charge is -2.06. The van der Waals surface area contributed by atoms with E-state index < -0.39 is 0 Å². The van der Waals surface area contributed by atoms with Gasteiger partial charge in [0, 0.05) is 18.2 Å². The van der Waals surface area contributed by atoms with E-state index in [2.05, 4.69) is 10.6 Å². The maximum Gasteiger partial charge on any atom is 0.151 e. The van der Waals surface area contributed by atoms with Crippen molar-refractivity contribution >= 4 is 21.7 Å². The second-order valence-electron chi connectivity index (χ2n) is 5.36. The molecule has 2 aliphatic carbocycles. The first kappa shape index (κ1) is 10.1. The summed E-state index contributed by atoms with van der Waals surface area (Å²) in [5, 5.41) is 10.7. The first-order valence-electron chi connectivity index (χ1n) is 6.45. The van der Waals surface area contributed by atoms with Gasteiger partial charge >= 0.3 is 0 Å². The summed E-state index contributed by atoms with van der Waals surface area (Å²) in [6.07, 6.45) is 5.30. The van der Waals surface area contributed by atoms with Crippen LogP contribution in [-0.2, 0) is 13.2 Å². The molecule has 0 amide bonds. The Kier molecular flexibility index (Phi) is 2.11. The van der Waals surface area contributed by atoms with Crippen molar-refractivity contribution in [3.05, 3.63) is 16.8 Å². The molecule has 2 aromatic heterocycles. The Morgan fingerprint density at radius 3 is 2.82 bits per heavy atom. The first-order valence-corrected chi connectivity index (χ1v) is 7.26. The summed E-state index contributed by atoms with van der Waals surface area (Å²) >= 11 is 1.82. The van der Waals surface area contributed by atoms with E-state index in [0.717, 1.165) is 29.7 Å². The van der Waals surface area contributed by atoms with Crippen LogP contribution in [0.15, 0.2) is 6.07 Å². The molecular formula is C13H16N2OS. The van der Waals surface area contributed by atoms with E-state index in [0.29, 0.717) is 0 Å². The van der Waals surface area contributed by atoms with Crippen molar-refractivity contribution in [2.45, 2.75) is 44.8 Å². The summed E-state index contributed by atoms with van der Waals surface area (Å²) in [4.78, 5) is 4.79. The molecule has 0 radical (unpaired) electrons. The van der Waals surface area contributed by atoms with Crippen LogP contribution in [0, 0.1) is 5.92 Å². The van der Waals surface area contributed by atoms with E-state index in [1.54, 1.807) is 0 Å². The molecule has 2 fully saturated rings. The molecule has 3 nitrogen and oxygen atoms in total. The molecule has 2 heterocycles. The second kappa shape index (κ2) is 3.56. The van der Waals surface area contributed by atoms with Crippen LogP contribution in [0.4, 0.5) is 0 Å². The molecule has 0 spiro atoms. The number of aliphatic hydroxyl groups is 1. The molecule has 0 aliphatic heterocycles. The van der Waals surface area contributed by atoms with Gasteiger partial charge < -0.3 is 9.67 Å². The third-order valence-corrected chi connectivity index (χ3v) is 4.93. The largest absolute Gasteiger partial charge is 0.390 e. The number of aromatic nitrogens is 2. The molecule has 4 heteroatoms. The Morgan fingerprint density at radius 1 is 1.35 bits per heavy atom. The molecular weight excluding hydrogens is 232 g/mol. The Hall–Kier alpha value is -0.870. The van der Waals surface area contributed by atoms with Crippen LogP contribution in [0.25, 0.3) is 10.3 Å². The van der Waals surface area contributed by atoms with Crippen molar-refractivity contribution in [1.29, 1.82) is 0 Å². The highest BCUT2D eigenvalue weighted by Gasteiger charge is 2.29. The van der Waals surface area contributed by atoms with E-state index in [1.807, 2.05) is 11.3 Å². The molecule has 0 bridgehead atoms. The Morgan fingerprint density at radius 2 is 2.18 bits per heavy atom. The molecule has 2 aliphatic rings. The maximum atomic E-state index is 9.42. The fourth-order valence-electron chi connectivity index (χ4n) is 2.39. The fraction of sp³-hybridized carbons (Fsp3) is 0.615. The molecule has 2 saturated carbocycles. The lowest BCUT2D eigenvalue weighted by atomic mass is 10.4. The van der Waals surface area contributed by atoms with Crippen LogP contribution in [0.5, 0.6) is 0 Å². The summed E-state index contributed by atoms with van der Waals surface area (Å²) in [5.74, 6) is 1.56. The number of fused-ring (bicyclic) bond motifs is 1. The first-order chi connectivity index (χ1) is 8.35. The minimum Gasteiger partial charge on any atom is -0.390 e. The van der Waals surface area contributed by atoms with Gasteiger partial charge in [0.15, 0.2) is 5.65 Å². The fourth-order valence-corrected chi connectivity index (χ4v) is 3.59. The predicted molar refractivity (Wildman–Crippen MR) is 68.2 cm³/mol. The normalized spacial score (nSPS) is 20.3. The Bertz CT molecular complexity index is 563. The number of thiazole rings is 1. The summed E-state index contributed by atoms with van der Waals surface area (Å²) in [6, 6.07) is 2.13. The smallest absolute Gasteiger partial charge is 0.151 e. The van der Waals surface area contributed by atoms with Crippen LogP contribution in [-0.4, -0.2) is 14.7 Å². The summed E-state index contributed by atoms with van der Waals surface area (Å²) in [6.45, 7) is 1.18. The average Bonchev–Trinajstić information content (AvgIpc) is 3.22. The van der Waals surface area contributed by atoms with Crippen LogP contribution in [0.2, 0.25) is 0 Å². The minimum absolute atomic E-state index is 0.133. The van der Waals surface area contributed by atoms with Crippen molar-refractivity contribution in [3.63, 3.8) is 0 Å². The standard InChI is InChI=1S/C13H16N2OS/c16-7-10-5-11-12(15(10)6-8-1-2-8)14-13(17-11)9-3-4-9/h5,8-9,16H,1-4,6-7H2. The minimum atomic E-state index is 0.133. The average molecular weight is 248 g/mol. The predicted octanol–water partition coefficient (Wildman–Crippen LogP) is 2.88. The van der Waals surface area contributed by atoms with E-state index in [-0.39, 0.29) is 6.61 Å². The van der Waals surface area contributed by atoms with Gasteiger partial charge in [0.05, 0.1) is 16.3 Å². The molecule has 0 aromatic carbocycles. The third-order valence-electron chi connectivity index (χ3n) is 3.78. The second-order valence-corrected chi connectivity index (χ2v) is 6.42. The summed E-state index contributed by atoms with van der Waals surface area (Å²) < 4.78 is 3.51. The number of hydrogen-bond donors (Lipinski definition) is 1. The topological polar surface area (TPSA) is 38.1 Å². The van der Waals surface area contributed by atoms with Gasteiger partial charge in [-0.25, -0.2) is 4.98 Å². The highest BCUT2D eigenvalue weighted by Crippen LogP contribution is 2.44. The molecule has 2 aromatic rings. The van der Waals surface area contributed by atoms with Gasteiger partial charge in [0.1, 0.15) is 0 Å². The number of nitrogens with zero attached hydrogens (tertiary/aromatic N) is 2. The van der Waals surface area contributed by atoms with E-state index in [4.69, 9.17) is 4.98 Å². The number of hydrogen-bond acceptors (Lipinski definition) is 3. The van der Waals surface area contributed by atoms with Crippen LogP contribution >= 0.6 is 11.3 Å². The van der Waals surface area contributed by atoms with E-state index in [1.165, 1.54) is 35.4 Å². The lowest BCUT2D eigenvalue weighted by molar-refractivity contribution is 0.270. The highest BCUT2D eigenvalue weighted by molar-refractivity contribution is 7.18. The Labute approximate surface area is 104 Å².